The monoisotopic (exact) mass is 364 g/mol. The van der Waals surface area contributed by atoms with Crippen LogP contribution in [0.25, 0.3) is 10.2 Å². The largest absolute Gasteiger partial charge is 0.378 e. The molecule has 3 heterocycles. The van der Waals surface area contributed by atoms with E-state index in [0.29, 0.717) is 32.0 Å². The molecular formula is C16H20N4O4S. The highest BCUT2D eigenvalue weighted by atomic mass is 32.1. The van der Waals surface area contributed by atoms with Crippen molar-refractivity contribution in [2.75, 3.05) is 39.4 Å². The molecule has 25 heavy (non-hydrogen) atoms. The molecule has 0 aliphatic carbocycles. The molecule has 0 unspecified atom stereocenters. The average molecular weight is 364 g/mol. The summed E-state index contributed by atoms with van der Waals surface area (Å²) in [7, 11) is 1.81. The van der Waals surface area contributed by atoms with E-state index in [1.807, 2.05) is 18.5 Å². The van der Waals surface area contributed by atoms with Crippen LogP contribution in [0.5, 0.6) is 0 Å². The minimum Gasteiger partial charge on any atom is -0.378 e. The normalized spacial score (nSPS) is 14.5. The molecule has 1 saturated heterocycles. The van der Waals surface area contributed by atoms with E-state index in [4.69, 9.17) is 4.74 Å². The zero-order valence-electron chi connectivity index (χ0n) is 13.9. The second kappa shape index (κ2) is 7.66. The van der Waals surface area contributed by atoms with Crippen LogP contribution < -0.4 is 10.6 Å². The quantitative estimate of drug-likeness (QED) is 0.778. The number of carbonyl (C=O) groups excluding carboxylic acids is 3. The Morgan fingerprint density at radius 2 is 1.96 bits per heavy atom. The number of aromatic nitrogens is 1. The van der Waals surface area contributed by atoms with E-state index in [-0.39, 0.29) is 24.9 Å². The summed E-state index contributed by atoms with van der Waals surface area (Å²) in [5, 5.41) is 7.08. The number of thiophene rings is 1. The van der Waals surface area contributed by atoms with Gasteiger partial charge in [0.2, 0.25) is 11.8 Å². The molecule has 0 atom stereocenters. The number of hydrogen-bond donors (Lipinski definition) is 2. The highest BCUT2D eigenvalue weighted by Crippen LogP contribution is 2.23. The number of nitrogens with zero attached hydrogens (tertiary/aromatic N) is 2. The van der Waals surface area contributed by atoms with Crippen LogP contribution in [0.4, 0.5) is 0 Å². The predicted octanol–water partition coefficient (Wildman–Crippen LogP) is -0.0554. The third-order valence-electron chi connectivity index (χ3n) is 4.11. The summed E-state index contributed by atoms with van der Waals surface area (Å²) in [4.78, 5) is 37.7. The van der Waals surface area contributed by atoms with Crippen LogP contribution in [0.15, 0.2) is 17.5 Å². The first kappa shape index (κ1) is 17.4. The Bertz CT molecular complexity index is 791. The van der Waals surface area contributed by atoms with Gasteiger partial charge in [0, 0.05) is 20.1 Å². The Kier molecular flexibility index (Phi) is 5.34. The molecular weight excluding hydrogens is 344 g/mol. The van der Waals surface area contributed by atoms with E-state index in [2.05, 4.69) is 10.6 Å². The number of rotatable bonds is 5. The van der Waals surface area contributed by atoms with Gasteiger partial charge in [-0.2, -0.15) is 0 Å². The Labute approximate surface area is 148 Å². The molecule has 2 aromatic heterocycles. The van der Waals surface area contributed by atoms with Crippen LogP contribution in [-0.4, -0.2) is 66.6 Å². The second-order valence-electron chi connectivity index (χ2n) is 5.71. The van der Waals surface area contributed by atoms with Gasteiger partial charge < -0.3 is 24.8 Å². The summed E-state index contributed by atoms with van der Waals surface area (Å²) in [6.07, 6.45) is 0. The zero-order chi connectivity index (χ0) is 17.8. The average Bonchev–Trinajstić information content (AvgIpc) is 3.21. The van der Waals surface area contributed by atoms with Crippen LogP contribution in [0, 0.1) is 0 Å². The lowest BCUT2D eigenvalue weighted by molar-refractivity contribution is -0.136. The van der Waals surface area contributed by atoms with E-state index in [9.17, 15) is 14.4 Å². The summed E-state index contributed by atoms with van der Waals surface area (Å²) < 4.78 is 7.99. The van der Waals surface area contributed by atoms with Gasteiger partial charge in [-0.3, -0.25) is 14.4 Å². The van der Waals surface area contributed by atoms with E-state index in [1.54, 1.807) is 26.9 Å². The van der Waals surface area contributed by atoms with Gasteiger partial charge in [-0.1, -0.05) is 0 Å². The summed E-state index contributed by atoms with van der Waals surface area (Å²) in [5.74, 6) is -0.864. The van der Waals surface area contributed by atoms with Crippen molar-refractivity contribution >= 4 is 39.3 Å². The Balaban J connectivity index is 1.45. The van der Waals surface area contributed by atoms with E-state index in [0.717, 1.165) is 10.2 Å². The SMILES string of the molecule is Cn1c(C(=O)NCC(=O)NCC(=O)N2CCOCC2)cc2sccc21. The number of morpholine rings is 1. The van der Waals surface area contributed by atoms with Crippen LogP contribution in [0.2, 0.25) is 0 Å². The van der Waals surface area contributed by atoms with Crippen LogP contribution >= 0.6 is 11.3 Å². The van der Waals surface area contributed by atoms with E-state index < -0.39 is 5.91 Å². The first-order valence-electron chi connectivity index (χ1n) is 7.99. The smallest absolute Gasteiger partial charge is 0.268 e. The number of hydrogen-bond acceptors (Lipinski definition) is 5. The minimum absolute atomic E-state index is 0.0748. The van der Waals surface area contributed by atoms with Crippen molar-refractivity contribution < 1.29 is 19.1 Å². The maximum Gasteiger partial charge on any atom is 0.268 e. The Morgan fingerprint density at radius 1 is 1.20 bits per heavy atom. The highest BCUT2D eigenvalue weighted by Gasteiger charge is 2.18. The number of nitrogens with one attached hydrogen (secondary N) is 2. The van der Waals surface area contributed by atoms with Gasteiger partial charge in [-0.25, -0.2) is 0 Å². The first-order chi connectivity index (χ1) is 12.1. The molecule has 0 aromatic carbocycles. The molecule has 3 rings (SSSR count). The van der Waals surface area contributed by atoms with E-state index in [1.165, 1.54) is 0 Å². The summed E-state index contributed by atoms with van der Waals surface area (Å²) in [5.41, 5.74) is 1.48. The number of fused-ring (bicyclic) bond motifs is 1. The standard InChI is InChI=1S/C16H20N4O4S/c1-19-11-2-7-25-13(11)8-12(19)16(23)18-9-14(21)17-10-15(22)20-3-5-24-6-4-20/h2,7-8H,3-6,9-10H2,1H3,(H,17,21)(H,18,23). The number of ether oxygens (including phenoxy) is 1. The number of aryl methyl sites for hydroxylation is 1. The minimum atomic E-state index is -0.397. The molecule has 1 aliphatic rings. The van der Waals surface area contributed by atoms with Crippen LogP contribution in [0.3, 0.4) is 0 Å². The third kappa shape index (κ3) is 3.99. The Hall–Kier alpha value is -2.39. The molecule has 0 radical (unpaired) electrons. The molecule has 2 aromatic rings. The fourth-order valence-electron chi connectivity index (χ4n) is 2.68. The lowest BCUT2D eigenvalue weighted by Crippen LogP contribution is -2.47. The maximum atomic E-state index is 12.2. The lowest BCUT2D eigenvalue weighted by Gasteiger charge is -2.26. The molecule has 2 N–H and O–H groups in total. The van der Waals surface area contributed by atoms with Gasteiger partial charge in [0.15, 0.2) is 0 Å². The summed E-state index contributed by atoms with van der Waals surface area (Å²) >= 11 is 1.56. The van der Waals surface area contributed by atoms with Gasteiger partial charge >= 0.3 is 0 Å². The molecule has 1 fully saturated rings. The summed E-state index contributed by atoms with van der Waals surface area (Å²) in [6, 6.07) is 3.75. The van der Waals surface area contributed by atoms with Gasteiger partial charge in [0.05, 0.1) is 36.5 Å². The molecule has 3 amide bonds. The van der Waals surface area contributed by atoms with Crippen LogP contribution in [0.1, 0.15) is 10.5 Å². The van der Waals surface area contributed by atoms with Gasteiger partial charge in [-0.05, 0) is 17.5 Å². The number of carbonyl (C=O) groups is 3. The number of amides is 3. The first-order valence-corrected chi connectivity index (χ1v) is 8.87. The third-order valence-corrected chi connectivity index (χ3v) is 4.96. The summed E-state index contributed by atoms with van der Waals surface area (Å²) in [6.45, 7) is 1.86. The fourth-order valence-corrected chi connectivity index (χ4v) is 3.53. The molecule has 134 valence electrons. The van der Waals surface area contributed by atoms with Gasteiger partial charge in [-0.15, -0.1) is 11.3 Å². The van der Waals surface area contributed by atoms with Crippen molar-refractivity contribution in [1.82, 2.24) is 20.1 Å². The molecule has 0 spiro atoms. The molecule has 0 bridgehead atoms. The molecule has 0 saturated carbocycles. The van der Waals surface area contributed by atoms with Crippen molar-refractivity contribution in [3.63, 3.8) is 0 Å². The highest BCUT2D eigenvalue weighted by molar-refractivity contribution is 7.17. The van der Waals surface area contributed by atoms with Crippen molar-refractivity contribution in [2.45, 2.75) is 0 Å². The van der Waals surface area contributed by atoms with Gasteiger partial charge in [0.1, 0.15) is 5.69 Å². The molecule has 1 aliphatic heterocycles. The maximum absolute atomic E-state index is 12.2. The fraction of sp³-hybridized carbons (Fsp3) is 0.438. The predicted molar refractivity (Wildman–Crippen MR) is 93.5 cm³/mol. The van der Waals surface area contributed by atoms with Crippen molar-refractivity contribution in [1.29, 1.82) is 0 Å². The topological polar surface area (TPSA) is 92.7 Å². The Morgan fingerprint density at radius 3 is 2.68 bits per heavy atom. The molecule has 9 heteroatoms. The van der Waals surface area contributed by atoms with Crippen LogP contribution in [-0.2, 0) is 21.4 Å². The molecule has 8 nitrogen and oxygen atoms in total. The zero-order valence-corrected chi connectivity index (χ0v) is 14.7. The lowest BCUT2D eigenvalue weighted by atomic mass is 10.4. The second-order valence-corrected chi connectivity index (χ2v) is 6.66. The van der Waals surface area contributed by atoms with Crippen molar-refractivity contribution in [2.24, 2.45) is 7.05 Å². The van der Waals surface area contributed by atoms with E-state index >= 15 is 0 Å². The van der Waals surface area contributed by atoms with Crippen molar-refractivity contribution in [3.8, 4) is 0 Å². The van der Waals surface area contributed by atoms with Gasteiger partial charge in [0.25, 0.3) is 5.91 Å². The van der Waals surface area contributed by atoms with Crippen molar-refractivity contribution in [3.05, 3.63) is 23.2 Å².